The molecule has 0 saturated carbocycles. The van der Waals surface area contributed by atoms with Crippen LogP contribution in [-0.2, 0) is 14.8 Å². The van der Waals surface area contributed by atoms with Crippen LogP contribution in [0.25, 0.3) is 0 Å². The zero-order chi connectivity index (χ0) is 23.2. The number of amides is 2. The van der Waals surface area contributed by atoms with E-state index in [-0.39, 0.29) is 18.0 Å². The van der Waals surface area contributed by atoms with Crippen LogP contribution in [0, 0.1) is 5.82 Å². The van der Waals surface area contributed by atoms with Crippen LogP contribution < -0.4 is 9.62 Å². The van der Waals surface area contributed by atoms with Gasteiger partial charge in [0.25, 0.3) is 5.91 Å². The summed E-state index contributed by atoms with van der Waals surface area (Å²) in [5.41, 5.74) is 0.802. The monoisotopic (exact) mass is 449 g/mol. The molecule has 168 valence electrons. The molecule has 2 aromatic rings. The van der Waals surface area contributed by atoms with E-state index >= 15 is 0 Å². The lowest BCUT2D eigenvalue weighted by Gasteiger charge is -2.30. The van der Waals surface area contributed by atoms with Crippen molar-refractivity contribution < 1.29 is 22.4 Å². The summed E-state index contributed by atoms with van der Waals surface area (Å²) in [6, 6.07) is 10.4. The first-order valence-electron chi connectivity index (χ1n) is 10.1. The summed E-state index contributed by atoms with van der Waals surface area (Å²) in [4.78, 5) is 27.6. The van der Waals surface area contributed by atoms with Gasteiger partial charge in [-0.15, -0.1) is 0 Å². The van der Waals surface area contributed by atoms with Crippen LogP contribution in [0.3, 0.4) is 0 Å². The number of anilines is 2. The Kier molecular flexibility index (Phi) is 8.15. The smallest absolute Gasteiger partial charge is 0.255 e. The van der Waals surface area contributed by atoms with E-state index in [9.17, 15) is 22.4 Å². The number of nitrogens with one attached hydrogen (secondary N) is 1. The summed E-state index contributed by atoms with van der Waals surface area (Å²) in [6.07, 6.45) is 1.16. The highest BCUT2D eigenvalue weighted by atomic mass is 32.2. The summed E-state index contributed by atoms with van der Waals surface area (Å²) in [6.45, 7) is 6.44. The van der Waals surface area contributed by atoms with Crippen molar-refractivity contribution in [3.05, 3.63) is 59.9 Å². The van der Waals surface area contributed by atoms with Gasteiger partial charge in [-0.05, 0) is 56.7 Å². The molecule has 0 radical (unpaired) electrons. The second-order valence-electron chi connectivity index (χ2n) is 6.97. The Bertz CT molecular complexity index is 1020. The van der Waals surface area contributed by atoms with E-state index in [0.29, 0.717) is 24.3 Å². The van der Waals surface area contributed by atoms with E-state index in [2.05, 4.69) is 5.32 Å². The Morgan fingerprint density at radius 1 is 1.00 bits per heavy atom. The molecule has 31 heavy (non-hydrogen) atoms. The molecule has 0 bridgehead atoms. The second kappa shape index (κ2) is 10.4. The Labute approximate surface area is 182 Å². The standard InChI is InChI=1S/C22H28FN3O4S/c1-5-20(26(31(4,29)30)17-14-12-16(23)13-15-17)21(27)24-19-11-9-8-10-18(19)22(28)25(6-2)7-3/h8-15,20H,5-7H2,1-4H3,(H,24,27)/t20-/m1/s1. The Hall–Kier alpha value is -2.94. The molecule has 2 rings (SSSR count). The average molecular weight is 450 g/mol. The van der Waals surface area contributed by atoms with Gasteiger partial charge < -0.3 is 10.2 Å². The number of benzene rings is 2. The molecule has 0 aliphatic rings. The van der Waals surface area contributed by atoms with Gasteiger partial charge in [-0.25, -0.2) is 12.8 Å². The second-order valence-corrected chi connectivity index (χ2v) is 8.83. The molecule has 1 N–H and O–H groups in total. The number of halogens is 1. The first-order chi connectivity index (χ1) is 14.6. The minimum Gasteiger partial charge on any atom is -0.339 e. The van der Waals surface area contributed by atoms with Gasteiger partial charge >= 0.3 is 0 Å². The number of hydrogen-bond donors (Lipinski definition) is 1. The number of hydrogen-bond acceptors (Lipinski definition) is 4. The van der Waals surface area contributed by atoms with Crippen LogP contribution in [0.15, 0.2) is 48.5 Å². The maximum atomic E-state index is 13.3. The van der Waals surface area contributed by atoms with E-state index in [1.165, 1.54) is 12.1 Å². The third-order valence-corrected chi connectivity index (χ3v) is 6.06. The lowest BCUT2D eigenvalue weighted by atomic mass is 10.1. The number of para-hydroxylation sites is 1. The summed E-state index contributed by atoms with van der Waals surface area (Å²) in [5.74, 6) is -1.33. The van der Waals surface area contributed by atoms with Gasteiger partial charge in [0.2, 0.25) is 15.9 Å². The molecule has 0 aromatic heterocycles. The van der Waals surface area contributed by atoms with Gasteiger partial charge in [-0.1, -0.05) is 19.1 Å². The molecule has 0 unspecified atom stereocenters. The van der Waals surface area contributed by atoms with Crippen LogP contribution in [-0.4, -0.2) is 50.5 Å². The van der Waals surface area contributed by atoms with Gasteiger partial charge in [-0.2, -0.15) is 0 Å². The lowest BCUT2D eigenvalue weighted by molar-refractivity contribution is -0.117. The highest BCUT2D eigenvalue weighted by Gasteiger charge is 2.32. The van der Waals surface area contributed by atoms with Crippen molar-refractivity contribution in [3.8, 4) is 0 Å². The van der Waals surface area contributed by atoms with Gasteiger partial charge in [0.1, 0.15) is 11.9 Å². The van der Waals surface area contributed by atoms with Crippen molar-refractivity contribution in [1.82, 2.24) is 4.90 Å². The molecular formula is C22H28FN3O4S. The van der Waals surface area contributed by atoms with Crippen LogP contribution in [0.5, 0.6) is 0 Å². The molecule has 2 aromatic carbocycles. The Morgan fingerprint density at radius 2 is 1.58 bits per heavy atom. The number of sulfonamides is 1. The highest BCUT2D eigenvalue weighted by molar-refractivity contribution is 7.92. The van der Waals surface area contributed by atoms with Crippen LogP contribution in [0.2, 0.25) is 0 Å². The SMILES string of the molecule is CC[C@H](C(=O)Nc1ccccc1C(=O)N(CC)CC)N(c1ccc(F)cc1)S(C)(=O)=O. The molecule has 0 saturated heterocycles. The summed E-state index contributed by atoms with van der Waals surface area (Å²) in [5, 5.41) is 2.71. The minimum atomic E-state index is -3.85. The molecule has 9 heteroatoms. The van der Waals surface area contributed by atoms with E-state index in [1.807, 2.05) is 13.8 Å². The lowest BCUT2D eigenvalue weighted by Crippen LogP contribution is -2.47. The topological polar surface area (TPSA) is 86.8 Å². The van der Waals surface area contributed by atoms with Crippen molar-refractivity contribution in [1.29, 1.82) is 0 Å². The maximum Gasteiger partial charge on any atom is 0.255 e. The average Bonchev–Trinajstić information content (AvgIpc) is 2.73. The van der Waals surface area contributed by atoms with E-state index in [1.54, 1.807) is 36.1 Å². The van der Waals surface area contributed by atoms with E-state index < -0.39 is 27.8 Å². The maximum absolute atomic E-state index is 13.3. The molecule has 7 nitrogen and oxygen atoms in total. The molecule has 0 spiro atoms. The molecule has 1 atom stereocenters. The van der Waals surface area contributed by atoms with Crippen molar-refractivity contribution in [2.45, 2.75) is 33.2 Å². The van der Waals surface area contributed by atoms with E-state index in [0.717, 1.165) is 22.7 Å². The Balaban J connectivity index is 2.40. The van der Waals surface area contributed by atoms with Crippen molar-refractivity contribution in [2.75, 3.05) is 29.0 Å². The fourth-order valence-electron chi connectivity index (χ4n) is 3.32. The van der Waals surface area contributed by atoms with Gasteiger partial charge in [0.05, 0.1) is 23.2 Å². The third-order valence-electron chi connectivity index (χ3n) is 4.88. The number of carbonyl (C=O) groups is 2. The largest absolute Gasteiger partial charge is 0.339 e. The highest BCUT2D eigenvalue weighted by Crippen LogP contribution is 2.25. The molecule has 0 aliphatic heterocycles. The molecule has 2 amide bonds. The van der Waals surface area contributed by atoms with Gasteiger partial charge in [0, 0.05) is 13.1 Å². The number of nitrogens with zero attached hydrogens (tertiary/aromatic N) is 2. The van der Waals surface area contributed by atoms with Crippen LogP contribution in [0.1, 0.15) is 37.6 Å². The van der Waals surface area contributed by atoms with Crippen molar-refractivity contribution >= 4 is 33.2 Å². The fraction of sp³-hybridized carbons (Fsp3) is 0.364. The fourth-order valence-corrected chi connectivity index (χ4v) is 4.54. The molecule has 0 heterocycles. The molecular weight excluding hydrogens is 421 g/mol. The normalized spacial score (nSPS) is 12.2. The number of carbonyl (C=O) groups excluding carboxylic acids is 2. The molecule has 0 aliphatic carbocycles. The summed E-state index contributed by atoms with van der Waals surface area (Å²) < 4.78 is 39.3. The summed E-state index contributed by atoms with van der Waals surface area (Å²) in [7, 11) is -3.85. The Morgan fingerprint density at radius 3 is 2.10 bits per heavy atom. The first kappa shape index (κ1) is 24.3. The van der Waals surface area contributed by atoms with Crippen molar-refractivity contribution in [2.24, 2.45) is 0 Å². The minimum absolute atomic E-state index is 0.169. The zero-order valence-corrected chi connectivity index (χ0v) is 18.9. The van der Waals surface area contributed by atoms with Gasteiger partial charge in [0.15, 0.2) is 0 Å². The number of rotatable bonds is 9. The van der Waals surface area contributed by atoms with Crippen LogP contribution in [0.4, 0.5) is 15.8 Å². The first-order valence-corrected chi connectivity index (χ1v) is 11.9. The predicted octanol–water partition coefficient (Wildman–Crippen LogP) is 3.49. The van der Waals surface area contributed by atoms with Crippen LogP contribution >= 0.6 is 0 Å². The van der Waals surface area contributed by atoms with Crippen molar-refractivity contribution in [3.63, 3.8) is 0 Å². The van der Waals surface area contributed by atoms with Gasteiger partial charge in [-0.3, -0.25) is 13.9 Å². The summed E-state index contributed by atoms with van der Waals surface area (Å²) >= 11 is 0. The zero-order valence-electron chi connectivity index (χ0n) is 18.1. The third kappa shape index (κ3) is 5.81. The van der Waals surface area contributed by atoms with E-state index in [4.69, 9.17) is 0 Å². The molecule has 0 fully saturated rings. The predicted molar refractivity (Wildman–Crippen MR) is 120 cm³/mol. The quantitative estimate of drug-likeness (QED) is 0.635.